The molecule has 0 radical (unpaired) electrons. The summed E-state index contributed by atoms with van der Waals surface area (Å²) in [5, 5.41) is 15.1. The van der Waals surface area contributed by atoms with Crippen molar-refractivity contribution in [3.8, 4) is 16.9 Å². The van der Waals surface area contributed by atoms with Crippen molar-refractivity contribution in [2.75, 3.05) is 0 Å². The van der Waals surface area contributed by atoms with Crippen molar-refractivity contribution in [2.24, 2.45) is 0 Å². The first-order chi connectivity index (χ1) is 16.6. The fourth-order valence-electron chi connectivity index (χ4n) is 3.38. The average Bonchev–Trinajstić information content (AvgIpc) is 3.22. The second kappa shape index (κ2) is 11.6. The molecule has 0 aliphatic heterocycles. The third-order valence-electron chi connectivity index (χ3n) is 5.19. The number of carboxylic acid groups (broad SMARTS) is 1. The van der Waals surface area contributed by atoms with Crippen LogP contribution in [0, 0.1) is 0 Å². The molecule has 2 aromatic carbocycles. The van der Waals surface area contributed by atoms with Crippen LogP contribution in [-0.2, 0) is 6.61 Å². The normalized spacial score (nSPS) is 12.5. The standard InChI is InChI=1S/C27H25Cl3N2O3/c1-5-6-23(29)26(17(4)28)32-20(14-25(31-32)16(2)3)15-35-21-10-7-18(8-11-21)22-12-9-19(27(33)34)13-24(22)30/h5-14,16H,1,15H2,2-4H3,(H,33,34)/b23-6+,26-17-. The lowest BCUT2D eigenvalue weighted by Crippen LogP contribution is -2.09. The van der Waals surface area contributed by atoms with Gasteiger partial charge in [-0.1, -0.05) is 79.5 Å². The fourth-order valence-corrected chi connectivity index (χ4v) is 4.21. The van der Waals surface area contributed by atoms with Crippen molar-refractivity contribution in [1.29, 1.82) is 0 Å². The van der Waals surface area contributed by atoms with Gasteiger partial charge in [0.15, 0.2) is 0 Å². The number of halogens is 3. The Labute approximate surface area is 219 Å². The Hall–Kier alpha value is -2.99. The van der Waals surface area contributed by atoms with E-state index in [2.05, 4.69) is 20.4 Å². The molecule has 0 bridgehead atoms. The summed E-state index contributed by atoms with van der Waals surface area (Å²) in [4.78, 5) is 11.1. The van der Waals surface area contributed by atoms with E-state index in [0.717, 1.165) is 22.5 Å². The minimum Gasteiger partial charge on any atom is -0.487 e. The van der Waals surface area contributed by atoms with E-state index in [1.165, 1.54) is 12.1 Å². The van der Waals surface area contributed by atoms with E-state index >= 15 is 0 Å². The molecule has 3 rings (SSSR count). The van der Waals surface area contributed by atoms with E-state index in [0.29, 0.717) is 26.5 Å². The Morgan fingerprint density at radius 3 is 2.40 bits per heavy atom. The lowest BCUT2D eigenvalue weighted by molar-refractivity contribution is 0.0697. The van der Waals surface area contributed by atoms with E-state index in [1.54, 1.807) is 29.8 Å². The number of hydrogen-bond donors (Lipinski definition) is 1. The number of carbonyl (C=O) groups is 1. The molecule has 35 heavy (non-hydrogen) atoms. The number of carboxylic acids is 1. The van der Waals surface area contributed by atoms with Gasteiger partial charge in [-0.3, -0.25) is 0 Å². The molecule has 0 fully saturated rings. The summed E-state index contributed by atoms with van der Waals surface area (Å²) in [6, 6.07) is 14.0. The van der Waals surface area contributed by atoms with Crippen molar-refractivity contribution in [2.45, 2.75) is 33.3 Å². The molecule has 1 aromatic heterocycles. The number of aromatic carboxylic acids is 1. The summed E-state index contributed by atoms with van der Waals surface area (Å²) >= 11 is 19.1. The quantitative estimate of drug-likeness (QED) is 0.282. The van der Waals surface area contributed by atoms with Crippen LogP contribution in [0.1, 0.15) is 48.4 Å². The van der Waals surface area contributed by atoms with Crippen molar-refractivity contribution < 1.29 is 14.6 Å². The summed E-state index contributed by atoms with van der Waals surface area (Å²) < 4.78 is 7.75. The van der Waals surface area contributed by atoms with Gasteiger partial charge in [-0.05, 0) is 54.8 Å². The molecule has 0 saturated heterocycles. The SMILES string of the molecule is C=C/C=C(Cl)\C(=C(/C)Cl)n1nc(C(C)C)cc1COc1ccc(-c2ccc(C(=O)O)cc2Cl)cc1. The van der Waals surface area contributed by atoms with Gasteiger partial charge in [0.2, 0.25) is 0 Å². The van der Waals surface area contributed by atoms with Crippen molar-refractivity contribution in [3.63, 3.8) is 0 Å². The van der Waals surface area contributed by atoms with Crippen LogP contribution in [0.25, 0.3) is 16.8 Å². The number of allylic oxidation sites excluding steroid dienone is 5. The lowest BCUT2D eigenvalue weighted by Gasteiger charge is -2.13. The summed E-state index contributed by atoms with van der Waals surface area (Å²) in [5.41, 5.74) is 3.95. The molecule has 1 heterocycles. The maximum atomic E-state index is 11.1. The van der Waals surface area contributed by atoms with E-state index in [1.807, 2.05) is 30.3 Å². The number of hydrogen-bond acceptors (Lipinski definition) is 3. The monoisotopic (exact) mass is 530 g/mol. The number of ether oxygens (including phenoxy) is 1. The van der Waals surface area contributed by atoms with Crippen LogP contribution in [0.3, 0.4) is 0 Å². The third-order valence-corrected chi connectivity index (χ3v) is 5.99. The van der Waals surface area contributed by atoms with Gasteiger partial charge in [-0.15, -0.1) is 0 Å². The molecular formula is C27H25Cl3N2O3. The Kier molecular flexibility index (Phi) is 8.84. The number of nitrogens with zero attached hydrogens (tertiary/aromatic N) is 2. The first-order valence-electron chi connectivity index (χ1n) is 10.8. The van der Waals surface area contributed by atoms with Crippen LogP contribution in [0.5, 0.6) is 5.75 Å². The maximum absolute atomic E-state index is 11.1. The van der Waals surface area contributed by atoms with Gasteiger partial charge in [-0.25, -0.2) is 9.48 Å². The van der Waals surface area contributed by atoms with Crippen molar-refractivity contribution in [1.82, 2.24) is 9.78 Å². The van der Waals surface area contributed by atoms with Gasteiger partial charge < -0.3 is 9.84 Å². The first-order valence-corrected chi connectivity index (χ1v) is 12.0. The molecular weight excluding hydrogens is 507 g/mol. The highest BCUT2D eigenvalue weighted by molar-refractivity contribution is 6.40. The van der Waals surface area contributed by atoms with Crippen LogP contribution in [0.2, 0.25) is 5.02 Å². The summed E-state index contributed by atoms with van der Waals surface area (Å²) in [7, 11) is 0. The molecule has 3 aromatic rings. The molecule has 8 heteroatoms. The summed E-state index contributed by atoms with van der Waals surface area (Å²) in [5.74, 6) is -0.178. The van der Waals surface area contributed by atoms with Gasteiger partial charge >= 0.3 is 5.97 Å². The minimum atomic E-state index is -1.02. The Morgan fingerprint density at radius 1 is 1.17 bits per heavy atom. The van der Waals surface area contributed by atoms with Crippen molar-refractivity contribution in [3.05, 3.63) is 99.3 Å². The zero-order valence-electron chi connectivity index (χ0n) is 19.6. The first kappa shape index (κ1) is 26.6. The third kappa shape index (κ3) is 6.37. The molecule has 182 valence electrons. The molecule has 0 amide bonds. The van der Waals surface area contributed by atoms with Crippen molar-refractivity contribution >= 4 is 46.5 Å². The molecule has 0 aliphatic rings. The van der Waals surface area contributed by atoms with Crippen LogP contribution in [0.15, 0.2) is 77.3 Å². The van der Waals surface area contributed by atoms with Crippen LogP contribution >= 0.6 is 34.8 Å². The predicted molar refractivity (Wildman–Crippen MR) is 143 cm³/mol. The molecule has 0 spiro atoms. The number of aromatic nitrogens is 2. The Morgan fingerprint density at radius 2 is 1.86 bits per heavy atom. The van der Waals surface area contributed by atoms with E-state index in [4.69, 9.17) is 49.7 Å². The predicted octanol–water partition coefficient (Wildman–Crippen LogP) is 8.34. The van der Waals surface area contributed by atoms with Gasteiger partial charge in [0.1, 0.15) is 12.4 Å². The highest BCUT2D eigenvalue weighted by Crippen LogP contribution is 2.32. The van der Waals surface area contributed by atoms with E-state index in [9.17, 15) is 4.79 Å². The average molecular weight is 532 g/mol. The zero-order chi connectivity index (χ0) is 25.7. The summed E-state index contributed by atoms with van der Waals surface area (Å²) in [6.45, 7) is 9.80. The molecule has 0 saturated carbocycles. The summed E-state index contributed by atoms with van der Waals surface area (Å²) in [6.07, 6.45) is 3.26. The molecule has 0 aliphatic carbocycles. The second-order valence-corrected chi connectivity index (χ2v) is 9.45. The minimum absolute atomic E-state index is 0.139. The molecule has 1 N–H and O–H groups in total. The molecule has 5 nitrogen and oxygen atoms in total. The number of benzene rings is 2. The molecule has 0 unspecified atom stereocenters. The van der Waals surface area contributed by atoms with Crippen LogP contribution in [0.4, 0.5) is 0 Å². The number of rotatable bonds is 9. The van der Waals surface area contributed by atoms with Gasteiger partial charge in [0.25, 0.3) is 0 Å². The van der Waals surface area contributed by atoms with Gasteiger partial charge in [-0.2, -0.15) is 5.10 Å². The smallest absolute Gasteiger partial charge is 0.335 e. The highest BCUT2D eigenvalue weighted by Gasteiger charge is 2.18. The van der Waals surface area contributed by atoms with E-state index < -0.39 is 5.97 Å². The Bertz CT molecular complexity index is 1300. The highest BCUT2D eigenvalue weighted by atomic mass is 35.5. The van der Waals surface area contributed by atoms with Gasteiger partial charge in [0, 0.05) is 15.6 Å². The zero-order valence-corrected chi connectivity index (χ0v) is 21.8. The molecule has 0 atom stereocenters. The van der Waals surface area contributed by atoms with Crippen LogP contribution < -0.4 is 4.74 Å². The maximum Gasteiger partial charge on any atom is 0.335 e. The Balaban J connectivity index is 1.86. The fraction of sp³-hybridized carbons (Fsp3) is 0.185. The van der Waals surface area contributed by atoms with Crippen LogP contribution in [-0.4, -0.2) is 20.9 Å². The topological polar surface area (TPSA) is 64.4 Å². The second-order valence-electron chi connectivity index (χ2n) is 8.07. The lowest BCUT2D eigenvalue weighted by atomic mass is 10.0. The van der Waals surface area contributed by atoms with E-state index in [-0.39, 0.29) is 18.1 Å². The largest absolute Gasteiger partial charge is 0.487 e. The van der Waals surface area contributed by atoms with Gasteiger partial charge in [0.05, 0.1) is 27.7 Å².